The van der Waals surface area contributed by atoms with Crippen molar-refractivity contribution in [1.29, 1.82) is 0 Å². The van der Waals surface area contributed by atoms with Crippen LogP contribution in [0.1, 0.15) is 12.5 Å². The van der Waals surface area contributed by atoms with E-state index >= 15 is 0 Å². The molecule has 1 aromatic carbocycles. The van der Waals surface area contributed by atoms with Crippen LogP contribution in [-0.4, -0.2) is 19.1 Å². The van der Waals surface area contributed by atoms with E-state index in [1.54, 1.807) is 0 Å². The number of carbonyl (C=O) groups excluding carboxylic acids is 1. The van der Waals surface area contributed by atoms with Crippen molar-refractivity contribution in [1.82, 2.24) is 0 Å². The van der Waals surface area contributed by atoms with Crippen LogP contribution in [0.25, 0.3) is 0 Å². The van der Waals surface area contributed by atoms with Crippen molar-refractivity contribution in [3.8, 4) is 5.75 Å². The van der Waals surface area contributed by atoms with Crippen LogP contribution in [0.3, 0.4) is 0 Å². The summed E-state index contributed by atoms with van der Waals surface area (Å²) in [5.74, 6) is 0.184. The number of hydrogen-bond acceptors (Lipinski definition) is 3. The molecule has 0 bridgehead atoms. The Balaban J connectivity index is 0.00000256. The molecular formula is C12H19ClN2O2. The van der Waals surface area contributed by atoms with E-state index in [0.29, 0.717) is 13.0 Å². The van der Waals surface area contributed by atoms with Gasteiger partial charge in [0.05, 0.1) is 12.5 Å². The Morgan fingerprint density at radius 2 is 1.94 bits per heavy atom. The molecule has 0 saturated carbocycles. The first-order chi connectivity index (χ1) is 7.67. The minimum absolute atomic E-state index is 0. The van der Waals surface area contributed by atoms with E-state index in [2.05, 4.69) is 0 Å². The van der Waals surface area contributed by atoms with Crippen LogP contribution in [0.15, 0.2) is 24.3 Å². The van der Waals surface area contributed by atoms with Crippen LogP contribution in [-0.2, 0) is 11.2 Å². The number of carbonyl (C=O) groups is 1. The summed E-state index contributed by atoms with van der Waals surface area (Å²) >= 11 is 0. The van der Waals surface area contributed by atoms with E-state index < -0.39 is 0 Å². The number of benzene rings is 1. The van der Waals surface area contributed by atoms with Gasteiger partial charge in [0.2, 0.25) is 5.91 Å². The second-order valence-electron chi connectivity index (χ2n) is 3.62. The molecule has 96 valence electrons. The number of halogens is 1. The minimum atomic E-state index is -0.351. The fourth-order valence-electron chi connectivity index (χ4n) is 1.47. The van der Waals surface area contributed by atoms with Gasteiger partial charge >= 0.3 is 0 Å². The normalized spacial score (nSPS) is 11.4. The van der Waals surface area contributed by atoms with E-state index in [1.165, 1.54) is 0 Å². The van der Waals surface area contributed by atoms with Crippen molar-refractivity contribution in [2.75, 3.05) is 13.2 Å². The molecule has 0 aliphatic heterocycles. The minimum Gasteiger partial charge on any atom is -0.494 e. The molecule has 0 radical (unpaired) electrons. The predicted molar refractivity (Wildman–Crippen MR) is 70.3 cm³/mol. The molecule has 1 amide bonds. The number of rotatable bonds is 6. The SMILES string of the molecule is CCOc1ccc(CC(CN)C(N)=O)cc1.Cl. The fourth-order valence-corrected chi connectivity index (χ4v) is 1.47. The van der Waals surface area contributed by atoms with Crippen LogP contribution in [0.4, 0.5) is 0 Å². The topological polar surface area (TPSA) is 78.3 Å². The number of primary amides is 1. The first kappa shape index (κ1) is 15.7. The van der Waals surface area contributed by atoms with E-state index in [1.807, 2.05) is 31.2 Å². The van der Waals surface area contributed by atoms with Crippen molar-refractivity contribution < 1.29 is 9.53 Å². The Morgan fingerprint density at radius 3 is 2.35 bits per heavy atom. The van der Waals surface area contributed by atoms with Crippen molar-refractivity contribution >= 4 is 18.3 Å². The summed E-state index contributed by atoms with van der Waals surface area (Å²) in [5.41, 5.74) is 11.7. The van der Waals surface area contributed by atoms with Crippen LogP contribution in [0.2, 0.25) is 0 Å². The molecule has 0 aliphatic carbocycles. The predicted octanol–water partition coefficient (Wildman–Crippen LogP) is 1.11. The lowest BCUT2D eigenvalue weighted by molar-refractivity contribution is -0.121. The number of ether oxygens (including phenoxy) is 1. The second kappa shape index (κ2) is 7.92. The summed E-state index contributed by atoms with van der Waals surface area (Å²) in [6, 6.07) is 7.62. The maximum Gasteiger partial charge on any atom is 0.222 e. The average molecular weight is 259 g/mol. The van der Waals surface area contributed by atoms with Gasteiger partial charge in [0, 0.05) is 6.54 Å². The average Bonchev–Trinajstić information content (AvgIpc) is 2.28. The zero-order valence-electron chi connectivity index (χ0n) is 9.89. The molecule has 17 heavy (non-hydrogen) atoms. The van der Waals surface area contributed by atoms with Gasteiger partial charge in [0.25, 0.3) is 0 Å². The molecule has 1 atom stereocenters. The Bertz CT molecular complexity index is 341. The van der Waals surface area contributed by atoms with Crippen molar-refractivity contribution in [3.05, 3.63) is 29.8 Å². The highest BCUT2D eigenvalue weighted by Gasteiger charge is 2.13. The van der Waals surface area contributed by atoms with Crippen LogP contribution >= 0.6 is 12.4 Å². The van der Waals surface area contributed by atoms with Crippen LogP contribution < -0.4 is 16.2 Å². The monoisotopic (exact) mass is 258 g/mol. The number of amides is 1. The van der Waals surface area contributed by atoms with Gasteiger partial charge in [-0.25, -0.2) is 0 Å². The molecule has 1 aromatic rings. The third kappa shape index (κ3) is 5.06. The van der Waals surface area contributed by atoms with Crippen LogP contribution in [0.5, 0.6) is 5.75 Å². The number of nitrogens with two attached hydrogens (primary N) is 2. The molecule has 0 spiro atoms. The van der Waals surface area contributed by atoms with Crippen molar-refractivity contribution in [3.63, 3.8) is 0 Å². The van der Waals surface area contributed by atoms with Gasteiger partial charge in [-0.2, -0.15) is 0 Å². The number of hydrogen-bond donors (Lipinski definition) is 2. The van der Waals surface area contributed by atoms with E-state index in [9.17, 15) is 4.79 Å². The lowest BCUT2D eigenvalue weighted by Crippen LogP contribution is -2.31. The molecule has 1 rings (SSSR count). The highest BCUT2D eigenvalue weighted by atomic mass is 35.5. The van der Waals surface area contributed by atoms with Crippen molar-refractivity contribution in [2.45, 2.75) is 13.3 Å². The molecule has 0 fully saturated rings. The fraction of sp³-hybridized carbons (Fsp3) is 0.417. The van der Waals surface area contributed by atoms with Gasteiger partial charge in [-0.1, -0.05) is 12.1 Å². The van der Waals surface area contributed by atoms with E-state index in [-0.39, 0.29) is 30.8 Å². The van der Waals surface area contributed by atoms with Gasteiger partial charge in [0.1, 0.15) is 5.75 Å². The molecule has 4 nitrogen and oxygen atoms in total. The summed E-state index contributed by atoms with van der Waals surface area (Å²) < 4.78 is 5.32. The lowest BCUT2D eigenvalue weighted by atomic mass is 9.99. The molecule has 0 aliphatic rings. The van der Waals surface area contributed by atoms with Gasteiger partial charge in [-0.3, -0.25) is 4.79 Å². The molecule has 0 heterocycles. The second-order valence-corrected chi connectivity index (χ2v) is 3.62. The smallest absolute Gasteiger partial charge is 0.222 e. The first-order valence-electron chi connectivity index (χ1n) is 5.38. The lowest BCUT2D eigenvalue weighted by Gasteiger charge is -2.11. The molecule has 0 saturated heterocycles. The summed E-state index contributed by atoms with van der Waals surface area (Å²) in [7, 11) is 0. The highest BCUT2D eigenvalue weighted by molar-refractivity contribution is 5.85. The Hall–Kier alpha value is -1.26. The Morgan fingerprint density at radius 1 is 1.35 bits per heavy atom. The van der Waals surface area contributed by atoms with Gasteiger partial charge < -0.3 is 16.2 Å². The Kier molecular flexibility index (Phi) is 7.34. The summed E-state index contributed by atoms with van der Waals surface area (Å²) in [4.78, 5) is 11.0. The first-order valence-corrected chi connectivity index (χ1v) is 5.38. The largest absolute Gasteiger partial charge is 0.494 e. The maximum absolute atomic E-state index is 11.0. The van der Waals surface area contributed by atoms with Gasteiger partial charge in [-0.05, 0) is 31.0 Å². The Labute approximate surface area is 108 Å². The quantitative estimate of drug-likeness (QED) is 0.802. The zero-order chi connectivity index (χ0) is 12.0. The molecule has 5 heteroatoms. The molecule has 1 unspecified atom stereocenters. The summed E-state index contributed by atoms with van der Waals surface area (Å²) in [5, 5.41) is 0. The third-order valence-corrected chi connectivity index (χ3v) is 2.40. The van der Waals surface area contributed by atoms with E-state index in [0.717, 1.165) is 11.3 Å². The summed E-state index contributed by atoms with van der Waals surface area (Å²) in [6.45, 7) is 2.86. The third-order valence-electron chi connectivity index (χ3n) is 2.40. The van der Waals surface area contributed by atoms with Gasteiger partial charge in [0.15, 0.2) is 0 Å². The highest BCUT2D eigenvalue weighted by Crippen LogP contribution is 2.14. The molecular weight excluding hydrogens is 240 g/mol. The standard InChI is InChI=1S/C12H18N2O2.ClH/c1-2-16-11-5-3-9(4-6-11)7-10(8-13)12(14)15;/h3-6,10H,2,7-8,13H2,1H3,(H2,14,15);1H. The van der Waals surface area contributed by atoms with Crippen LogP contribution in [0, 0.1) is 5.92 Å². The zero-order valence-corrected chi connectivity index (χ0v) is 10.7. The summed E-state index contributed by atoms with van der Waals surface area (Å²) in [6.07, 6.45) is 0.582. The van der Waals surface area contributed by atoms with Crippen molar-refractivity contribution in [2.24, 2.45) is 17.4 Å². The van der Waals surface area contributed by atoms with Gasteiger partial charge in [-0.15, -0.1) is 12.4 Å². The van der Waals surface area contributed by atoms with E-state index in [4.69, 9.17) is 16.2 Å². The molecule has 0 aromatic heterocycles. The maximum atomic E-state index is 11.0. The molecule has 4 N–H and O–H groups in total.